The van der Waals surface area contributed by atoms with Crippen LogP contribution in [0.25, 0.3) is 0 Å². The summed E-state index contributed by atoms with van der Waals surface area (Å²) in [6.45, 7) is 5.05. The van der Waals surface area contributed by atoms with E-state index in [1.54, 1.807) is 17.5 Å². The van der Waals surface area contributed by atoms with E-state index < -0.39 is 16.2 Å². The summed E-state index contributed by atoms with van der Waals surface area (Å²) in [6.07, 6.45) is 2.37. The number of hydrogen-bond donors (Lipinski definition) is 2. The van der Waals surface area contributed by atoms with Gasteiger partial charge in [-0.15, -0.1) is 10.8 Å². The predicted octanol–water partition coefficient (Wildman–Crippen LogP) is 7.85. The Balaban J connectivity index is 1.64. The molecule has 3 heterocycles. The van der Waals surface area contributed by atoms with Crippen LogP contribution in [0.1, 0.15) is 61.9 Å². The van der Waals surface area contributed by atoms with E-state index in [9.17, 15) is 13.9 Å². The van der Waals surface area contributed by atoms with E-state index in [1.165, 1.54) is 0 Å². The number of halogens is 2. The van der Waals surface area contributed by atoms with Crippen molar-refractivity contribution in [3.8, 4) is 5.88 Å². The third-order valence-electron chi connectivity index (χ3n) is 8.67. The normalized spacial score (nSPS) is 25.8. The van der Waals surface area contributed by atoms with Crippen LogP contribution in [0.15, 0.2) is 66.7 Å². The van der Waals surface area contributed by atoms with Gasteiger partial charge in [-0.25, -0.2) is 9.29 Å². The number of amides is 1. The number of hydrogen-bond acceptors (Lipinski definition) is 6. The lowest BCUT2D eigenvalue weighted by Gasteiger charge is -2.53. The lowest BCUT2D eigenvalue weighted by atomic mass is 9.66. The van der Waals surface area contributed by atoms with Gasteiger partial charge >= 0.3 is 0 Å². The van der Waals surface area contributed by atoms with E-state index in [2.05, 4.69) is 18.0 Å². The Kier molecular flexibility index (Phi) is 9.42. The van der Waals surface area contributed by atoms with Crippen LogP contribution in [-0.4, -0.2) is 61.2 Å². The zero-order valence-corrected chi connectivity index (χ0v) is 26.6. The monoisotopic (exact) mass is 631 g/mol. The van der Waals surface area contributed by atoms with Crippen LogP contribution < -0.4 is 4.74 Å². The topological polar surface area (TPSA) is 86.1 Å². The Morgan fingerprint density at radius 2 is 1.81 bits per heavy atom. The van der Waals surface area contributed by atoms with E-state index in [0.717, 1.165) is 23.2 Å². The van der Waals surface area contributed by atoms with Crippen molar-refractivity contribution < 1.29 is 18.6 Å². The molecule has 2 N–H and O–H groups in total. The van der Waals surface area contributed by atoms with E-state index in [-0.39, 0.29) is 23.9 Å². The third-order valence-corrected chi connectivity index (χ3v) is 11.2. The van der Waals surface area contributed by atoms with Crippen LogP contribution in [0.2, 0.25) is 10.0 Å². The lowest BCUT2D eigenvalue weighted by Crippen LogP contribution is -2.58. The molecule has 2 saturated heterocycles. The molecule has 0 aliphatic carbocycles. The maximum atomic E-state index is 14.9. The van der Waals surface area contributed by atoms with E-state index in [4.69, 9.17) is 27.9 Å². The first kappa shape index (κ1) is 31.1. The number of methoxy groups -OCH3 is 1. The fourth-order valence-electron chi connectivity index (χ4n) is 6.59. The van der Waals surface area contributed by atoms with Crippen molar-refractivity contribution in [2.75, 3.05) is 26.0 Å². The molecule has 10 heteroatoms. The van der Waals surface area contributed by atoms with Gasteiger partial charge in [0.15, 0.2) is 0 Å². The standard InChI is InChI=1S/C32H39Cl2N3O4S/c1-4-27(21-36-16-7-17-42(36,39)40)37-30(22-12-14-24(33)15-13-22)28(23-8-5-9-25(34)18-23)20-32(2,31(37)38)19-26-10-6-11-29(35-26)41-3/h5-6,8-15,18,27-28,30,39-40H,4,7,16-17,19-21H2,1-3H3/t27?,28-,30-,32+/m1/s1. The van der Waals surface area contributed by atoms with Gasteiger partial charge in [0.05, 0.1) is 24.3 Å². The summed E-state index contributed by atoms with van der Waals surface area (Å²) in [5.74, 6) is 0.800. The second kappa shape index (κ2) is 12.7. The highest BCUT2D eigenvalue weighted by atomic mass is 35.5. The van der Waals surface area contributed by atoms with Crippen LogP contribution in [-0.2, 0) is 11.2 Å². The molecule has 0 radical (unpaired) electrons. The number of piperidine rings is 1. The molecule has 2 fully saturated rings. The van der Waals surface area contributed by atoms with Crippen molar-refractivity contribution in [1.29, 1.82) is 0 Å². The zero-order valence-electron chi connectivity index (χ0n) is 24.2. The molecule has 3 aromatic rings. The van der Waals surface area contributed by atoms with Gasteiger partial charge in [-0.2, -0.15) is 0 Å². The number of ether oxygens (including phenoxy) is 1. The highest BCUT2D eigenvalue weighted by molar-refractivity contribution is 8.22. The number of benzene rings is 2. The number of rotatable bonds is 9. The summed E-state index contributed by atoms with van der Waals surface area (Å²) in [5, 5.41) is 1.26. The van der Waals surface area contributed by atoms with Gasteiger partial charge in [0, 0.05) is 53.3 Å². The highest BCUT2D eigenvalue weighted by Gasteiger charge is 2.52. The average molecular weight is 633 g/mol. The number of carbonyl (C=O) groups excluding carboxylic acids is 1. The summed E-state index contributed by atoms with van der Waals surface area (Å²) in [4.78, 5) is 21.6. The molecule has 4 atom stereocenters. The quantitative estimate of drug-likeness (QED) is 0.250. The zero-order chi connectivity index (χ0) is 30.1. The molecular formula is C32H39Cl2N3O4S. The fraction of sp³-hybridized carbons (Fsp3) is 0.438. The Bertz CT molecular complexity index is 1410. The molecule has 0 saturated carbocycles. The highest BCUT2D eigenvalue weighted by Crippen LogP contribution is 2.53. The first-order chi connectivity index (χ1) is 20.0. The van der Waals surface area contributed by atoms with Gasteiger partial charge in [-0.3, -0.25) is 13.9 Å². The van der Waals surface area contributed by atoms with Gasteiger partial charge < -0.3 is 9.64 Å². The van der Waals surface area contributed by atoms with Crippen molar-refractivity contribution in [2.24, 2.45) is 5.41 Å². The van der Waals surface area contributed by atoms with Crippen LogP contribution in [0.3, 0.4) is 0 Å². The minimum absolute atomic E-state index is 0.0212. The molecule has 7 nitrogen and oxygen atoms in total. The SMILES string of the molecule is CCC(CN1CCCS1(O)O)N1C(=O)[C@@](C)(Cc2cccc(OC)n2)C[C@H](c2cccc(Cl)c2)[C@H]1c1ccc(Cl)cc1. The Hall–Kier alpha value is -2.33. The number of aromatic nitrogens is 1. The maximum absolute atomic E-state index is 14.9. The smallest absolute Gasteiger partial charge is 0.229 e. The van der Waals surface area contributed by atoms with Crippen molar-refractivity contribution in [3.63, 3.8) is 0 Å². The van der Waals surface area contributed by atoms with Gasteiger partial charge in [0.2, 0.25) is 11.8 Å². The Labute approximate surface area is 260 Å². The molecule has 2 aliphatic heterocycles. The van der Waals surface area contributed by atoms with Gasteiger partial charge in [-0.1, -0.05) is 67.4 Å². The minimum Gasteiger partial charge on any atom is -0.481 e. The summed E-state index contributed by atoms with van der Waals surface area (Å²) in [5.41, 5.74) is 2.01. The molecule has 226 valence electrons. The first-order valence-corrected chi connectivity index (χ1v) is 16.8. The van der Waals surface area contributed by atoms with Crippen LogP contribution in [0.4, 0.5) is 0 Å². The predicted molar refractivity (Wildman–Crippen MR) is 170 cm³/mol. The largest absolute Gasteiger partial charge is 0.481 e. The lowest BCUT2D eigenvalue weighted by molar-refractivity contribution is -0.155. The average Bonchev–Trinajstić information content (AvgIpc) is 3.31. The van der Waals surface area contributed by atoms with Crippen LogP contribution in [0.5, 0.6) is 5.88 Å². The van der Waals surface area contributed by atoms with E-state index in [0.29, 0.717) is 54.0 Å². The van der Waals surface area contributed by atoms with Gasteiger partial charge in [0.1, 0.15) is 0 Å². The van der Waals surface area contributed by atoms with E-state index >= 15 is 0 Å². The molecule has 2 aromatic carbocycles. The molecule has 5 rings (SSSR count). The van der Waals surface area contributed by atoms with Crippen molar-refractivity contribution in [3.05, 3.63) is 93.6 Å². The molecule has 1 unspecified atom stereocenters. The van der Waals surface area contributed by atoms with Crippen molar-refractivity contribution in [2.45, 2.75) is 57.5 Å². The second-order valence-electron chi connectivity index (χ2n) is 11.6. The first-order valence-electron chi connectivity index (χ1n) is 14.4. The molecule has 1 aromatic heterocycles. The minimum atomic E-state index is -2.86. The van der Waals surface area contributed by atoms with Gasteiger partial charge in [-0.05, 0) is 60.7 Å². The van der Waals surface area contributed by atoms with Gasteiger partial charge in [0.25, 0.3) is 0 Å². The molecule has 2 aliphatic rings. The molecule has 0 spiro atoms. The van der Waals surface area contributed by atoms with Crippen LogP contribution >= 0.6 is 34.0 Å². The van der Waals surface area contributed by atoms with Crippen molar-refractivity contribution >= 4 is 39.9 Å². The van der Waals surface area contributed by atoms with Crippen molar-refractivity contribution in [1.82, 2.24) is 14.2 Å². The van der Waals surface area contributed by atoms with Crippen LogP contribution in [0, 0.1) is 5.41 Å². The molecule has 1 amide bonds. The summed E-state index contributed by atoms with van der Waals surface area (Å²) < 4.78 is 28.7. The fourth-order valence-corrected chi connectivity index (χ4v) is 8.52. The molecular weight excluding hydrogens is 593 g/mol. The molecule has 42 heavy (non-hydrogen) atoms. The third kappa shape index (κ3) is 6.44. The number of nitrogens with zero attached hydrogens (tertiary/aromatic N) is 3. The number of likely N-dealkylation sites (tertiary alicyclic amines) is 1. The van der Waals surface area contributed by atoms with E-state index in [1.807, 2.05) is 66.4 Å². The summed E-state index contributed by atoms with van der Waals surface area (Å²) in [6, 6.07) is 20.7. The Morgan fingerprint density at radius 3 is 2.45 bits per heavy atom. The summed E-state index contributed by atoms with van der Waals surface area (Å²) in [7, 11) is -1.27. The second-order valence-corrected chi connectivity index (χ2v) is 14.7. The maximum Gasteiger partial charge on any atom is 0.229 e. The number of carbonyl (C=O) groups is 1. The summed E-state index contributed by atoms with van der Waals surface area (Å²) >= 11 is 12.8. The number of pyridine rings is 1. The molecule has 0 bridgehead atoms. The Morgan fingerprint density at radius 1 is 1.07 bits per heavy atom.